The molecule has 112 valence electrons. The first-order valence-corrected chi connectivity index (χ1v) is 8.84. The molecular weight excluding hydrogens is 264 g/mol. The number of benzene rings is 1. The van der Waals surface area contributed by atoms with Gasteiger partial charge in [-0.15, -0.1) is 0 Å². The fourth-order valence-corrected chi connectivity index (χ4v) is 4.23. The van der Waals surface area contributed by atoms with Gasteiger partial charge >= 0.3 is 0 Å². The molecule has 1 aliphatic rings. The summed E-state index contributed by atoms with van der Waals surface area (Å²) in [7, 11) is 2.27. The Morgan fingerprint density at radius 2 is 2.15 bits per heavy atom. The highest BCUT2D eigenvalue weighted by Gasteiger charge is 2.27. The fraction of sp³-hybridized carbons (Fsp3) is 0.647. The minimum atomic E-state index is 0.555. The molecule has 1 aliphatic heterocycles. The number of thioether (sulfide) groups is 1. The largest absolute Gasteiger partial charge is 0.312 e. The third kappa shape index (κ3) is 4.00. The summed E-state index contributed by atoms with van der Waals surface area (Å²) >= 11 is 2.10. The molecule has 1 saturated heterocycles. The quantitative estimate of drug-likeness (QED) is 0.898. The molecule has 1 aromatic carbocycles. The smallest absolute Gasteiger partial charge is 0.0340 e. The maximum Gasteiger partial charge on any atom is 0.0340 e. The summed E-state index contributed by atoms with van der Waals surface area (Å²) in [5, 5.41) is 3.71. The first-order chi connectivity index (χ1) is 9.61. The number of likely N-dealkylation sites (N-methyl/N-ethyl adjacent to an activating group) is 2. The number of hydrogen-bond acceptors (Lipinski definition) is 3. The van der Waals surface area contributed by atoms with Gasteiger partial charge in [0.05, 0.1) is 0 Å². The molecule has 2 atom stereocenters. The molecule has 0 aliphatic carbocycles. The molecule has 0 bridgehead atoms. The first kappa shape index (κ1) is 15.9. The topological polar surface area (TPSA) is 15.3 Å². The van der Waals surface area contributed by atoms with Crippen molar-refractivity contribution in [3.05, 3.63) is 34.9 Å². The number of nitrogens with zero attached hydrogens (tertiary/aromatic N) is 1. The van der Waals surface area contributed by atoms with E-state index in [1.165, 1.54) is 34.7 Å². The Bertz CT molecular complexity index is 433. The number of nitrogens with one attached hydrogen (secondary N) is 1. The van der Waals surface area contributed by atoms with Crippen molar-refractivity contribution in [3.8, 4) is 0 Å². The van der Waals surface area contributed by atoms with Crippen molar-refractivity contribution in [3.63, 3.8) is 0 Å². The Morgan fingerprint density at radius 1 is 1.35 bits per heavy atom. The van der Waals surface area contributed by atoms with Gasteiger partial charge in [-0.25, -0.2) is 0 Å². The Balaban J connectivity index is 2.09. The van der Waals surface area contributed by atoms with E-state index in [1.54, 1.807) is 0 Å². The van der Waals surface area contributed by atoms with E-state index in [-0.39, 0.29) is 0 Å². The van der Waals surface area contributed by atoms with E-state index in [2.05, 4.69) is 68.0 Å². The second-order valence-corrected chi connectivity index (χ2v) is 7.06. The van der Waals surface area contributed by atoms with Gasteiger partial charge in [-0.05, 0) is 50.6 Å². The van der Waals surface area contributed by atoms with Gasteiger partial charge in [0.1, 0.15) is 0 Å². The molecule has 2 nitrogen and oxygen atoms in total. The molecule has 0 spiro atoms. The van der Waals surface area contributed by atoms with Crippen molar-refractivity contribution in [2.24, 2.45) is 0 Å². The summed E-state index contributed by atoms with van der Waals surface area (Å²) in [5.74, 6) is 2.52. The number of hydrogen-bond donors (Lipinski definition) is 1. The number of aryl methyl sites for hydroxylation is 2. The minimum absolute atomic E-state index is 0.555. The van der Waals surface area contributed by atoms with Crippen molar-refractivity contribution in [1.29, 1.82) is 0 Å². The van der Waals surface area contributed by atoms with Crippen LogP contribution >= 0.6 is 11.8 Å². The van der Waals surface area contributed by atoms with Crippen LogP contribution in [0.4, 0.5) is 0 Å². The highest BCUT2D eigenvalue weighted by atomic mass is 32.2. The molecule has 2 unspecified atom stereocenters. The molecule has 20 heavy (non-hydrogen) atoms. The Kier molecular flexibility index (Phi) is 5.94. The summed E-state index contributed by atoms with van der Waals surface area (Å²) in [6, 6.07) is 8.11. The van der Waals surface area contributed by atoms with Gasteiger partial charge in [0.15, 0.2) is 0 Å². The molecule has 0 radical (unpaired) electrons. The molecule has 1 aromatic rings. The normalized spacial score (nSPS) is 21.9. The predicted molar refractivity (Wildman–Crippen MR) is 90.8 cm³/mol. The van der Waals surface area contributed by atoms with Crippen LogP contribution in [0.15, 0.2) is 18.2 Å². The Morgan fingerprint density at radius 3 is 2.80 bits per heavy atom. The van der Waals surface area contributed by atoms with Gasteiger partial charge in [-0.3, -0.25) is 0 Å². The van der Waals surface area contributed by atoms with Gasteiger partial charge in [-0.1, -0.05) is 25.1 Å². The maximum absolute atomic E-state index is 3.71. The molecule has 1 N–H and O–H groups in total. The second-order valence-electron chi connectivity index (χ2n) is 5.91. The van der Waals surface area contributed by atoms with Crippen LogP contribution in [0, 0.1) is 13.8 Å². The summed E-state index contributed by atoms with van der Waals surface area (Å²) < 4.78 is 0. The summed E-state index contributed by atoms with van der Waals surface area (Å²) in [6.45, 7) is 8.87. The molecule has 2 rings (SSSR count). The van der Waals surface area contributed by atoms with Crippen LogP contribution < -0.4 is 5.32 Å². The maximum atomic E-state index is 3.71. The molecule has 0 aromatic heterocycles. The van der Waals surface area contributed by atoms with E-state index in [4.69, 9.17) is 0 Å². The lowest BCUT2D eigenvalue weighted by atomic mass is 9.96. The highest BCUT2D eigenvalue weighted by Crippen LogP contribution is 2.20. The standard InChI is InChI=1S/C17H28N2S/c1-5-18-16(17-12-20-9-8-19(17)4)11-15-7-6-13(2)14(3)10-15/h6-7,10,16-18H,5,8-9,11-12H2,1-4H3. The van der Waals surface area contributed by atoms with Crippen molar-refractivity contribution >= 4 is 11.8 Å². The fourth-order valence-electron chi connectivity index (χ4n) is 2.92. The zero-order chi connectivity index (χ0) is 14.5. The number of rotatable bonds is 5. The zero-order valence-electron chi connectivity index (χ0n) is 13.3. The Labute approximate surface area is 128 Å². The predicted octanol–water partition coefficient (Wildman–Crippen LogP) is 2.87. The van der Waals surface area contributed by atoms with Gasteiger partial charge < -0.3 is 10.2 Å². The van der Waals surface area contributed by atoms with E-state index >= 15 is 0 Å². The average Bonchev–Trinajstić information content (AvgIpc) is 2.43. The van der Waals surface area contributed by atoms with Gasteiger partial charge in [-0.2, -0.15) is 11.8 Å². The third-order valence-corrected chi connectivity index (χ3v) is 5.45. The molecule has 0 saturated carbocycles. The van der Waals surface area contributed by atoms with Crippen LogP contribution in [0.2, 0.25) is 0 Å². The molecule has 3 heteroatoms. The molecule has 1 fully saturated rings. The van der Waals surface area contributed by atoms with Crippen molar-refractivity contribution in [1.82, 2.24) is 10.2 Å². The van der Waals surface area contributed by atoms with Gasteiger partial charge in [0, 0.05) is 30.1 Å². The summed E-state index contributed by atoms with van der Waals surface area (Å²) in [6.07, 6.45) is 1.13. The van der Waals surface area contributed by atoms with Crippen LogP contribution in [-0.2, 0) is 6.42 Å². The van der Waals surface area contributed by atoms with Crippen molar-refractivity contribution in [2.45, 2.75) is 39.3 Å². The van der Waals surface area contributed by atoms with Crippen molar-refractivity contribution < 1.29 is 0 Å². The van der Waals surface area contributed by atoms with Crippen molar-refractivity contribution in [2.75, 3.05) is 31.6 Å². The lowest BCUT2D eigenvalue weighted by molar-refractivity contribution is 0.215. The van der Waals surface area contributed by atoms with E-state index < -0.39 is 0 Å². The van der Waals surface area contributed by atoms with Gasteiger partial charge in [0.2, 0.25) is 0 Å². The van der Waals surface area contributed by atoms with E-state index in [0.29, 0.717) is 12.1 Å². The third-order valence-electron chi connectivity index (χ3n) is 4.40. The van der Waals surface area contributed by atoms with E-state index in [9.17, 15) is 0 Å². The van der Waals surface area contributed by atoms with Crippen LogP contribution in [0.25, 0.3) is 0 Å². The van der Waals surface area contributed by atoms with E-state index in [1.807, 2.05) is 0 Å². The molecular formula is C17H28N2S. The second kappa shape index (κ2) is 7.48. The lowest BCUT2D eigenvalue weighted by Gasteiger charge is -2.38. The summed E-state index contributed by atoms with van der Waals surface area (Å²) in [5.41, 5.74) is 4.26. The molecule has 1 heterocycles. The summed E-state index contributed by atoms with van der Waals surface area (Å²) in [4.78, 5) is 2.53. The van der Waals surface area contributed by atoms with Crippen LogP contribution in [0.3, 0.4) is 0 Å². The van der Waals surface area contributed by atoms with Crippen LogP contribution in [0.1, 0.15) is 23.6 Å². The van der Waals surface area contributed by atoms with Gasteiger partial charge in [0.25, 0.3) is 0 Å². The monoisotopic (exact) mass is 292 g/mol. The first-order valence-electron chi connectivity index (χ1n) is 7.69. The van der Waals surface area contributed by atoms with E-state index in [0.717, 1.165) is 13.0 Å². The SMILES string of the molecule is CCNC(Cc1ccc(C)c(C)c1)C1CSCCN1C. The zero-order valence-corrected chi connectivity index (χ0v) is 14.1. The minimum Gasteiger partial charge on any atom is -0.312 e. The van der Waals surface area contributed by atoms with Crippen LogP contribution in [0.5, 0.6) is 0 Å². The van der Waals surface area contributed by atoms with Crippen LogP contribution in [-0.4, -0.2) is 48.6 Å². The lowest BCUT2D eigenvalue weighted by Crippen LogP contribution is -2.53. The Hall–Kier alpha value is -0.510. The highest BCUT2D eigenvalue weighted by molar-refractivity contribution is 7.99. The average molecular weight is 292 g/mol. The molecule has 0 amide bonds.